The Morgan fingerprint density at radius 3 is 2.64 bits per heavy atom. The minimum absolute atomic E-state index is 0.147. The van der Waals surface area contributed by atoms with Crippen LogP contribution in [0.2, 0.25) is 5.02 Å². The molecule has 0 aliphatic heterocycles. The van der Waals surface area contributed by atoms with Crippen LogP contribution in [-0.2, 0) is 16.5 Å². The average Bonchev–Trinajstić information content (AvgIpc) is 2.50. The molecule has 8 heteroatoms. The molecule has 0 spiro atoms. The van der Waals surface area contributed by atoms with Crippen molar-refractivity contribution in [2.75, 3.05) is 19.8 Å². The lowest BCUT2D eigenvalue weighted by Crippen LogP contribution is -2.25. The van der Waals surface area contributed by atoms with Crippen LogP contribution in [0.1, 0.15) is 13.8 Å². The molecule has 2 aromatic heterocycles. The third-order valence-corrected chi connectivity index (χ3v) is 3.20. The third kappa shape index (κ3) is 3.73. The molecule has 120 valence electrons. The van der Waals surface area contributed by atoms with Gasteiger partial charge in [-0.15, -0.1) is 0 Å². The van der Waals surface area contributed by atoms with Gasteiger partial charge < -0.3 is 14.2 Å². The van der Waals surface area contributed by atoms with Crippen LogP contribution in [0, 0.1) is 0 Å². The van der Waals surface area contributed by atoms with E-state index in [9.17, 15) is 4.79 Å². The zero-order valence-electron chi connectivity index (χ0n) is 12.7. The molecule has 0 aromatic carbocycles. The zero-order valence-corrected chi connectivity index (χ0v) is 13.5. The van der Waals surface area contributed by atoms with Gasteiger partial charge in [0.15, 0.2) is 11.9 Å². The number of halogens is 1. The molecule has 0 bridgehead atoms. The molecular formula is C14H18ClN3O4. The molecule has 0 N–H and O–H groups in total. The van der Waals surface area contributed by atoms with Crippen LogP contribution in [0.3, 0.4) is 0 Å². The summed E-state index contributed by atoms with van der Waals surface area (Å²) in [5, 5.41) is 0.311. The van der Waals surface area contributed by atoms with Crippen LogP contribution in [0.5, 0.6) is 5.88 Å². The Balaban J connectivity index is 2.25. The topological polar surface area (TPSA) is 75.5 Å². The Morgan fingerprint density at radius 2 is 2.00 bits per heavy atom. The van der Waals surface area contributed by atoms with Crippen LogP contribution in [0.4, 0.5) is 0 Å². The summed E-state index contributed by atoms with van der Waals surface area (Å²) in [5.41, 5.74) is 0.664. The van der Waals surface area contributed by atoms with E-state index in [-0.39, 0.29) is 18.0 Å². The van der Waals surface area contributed by atoms with Crippen molar-refractivity contribution in [2.45, 2.75) is 20.1 Å². The molecule has 0 saturated heterocycles. The average molecular weight is 328 g/mol. The summed E-state index contributed by atoms with van der Waals surface area (Å²) < 4.78 is 17.7. The van der Waals surface area contributed by atoms with E-state index in [4.69, 9.17) is 25.8 Å². The van der Waals surface area contributed by atoms with Gasteiger partial charge in [-0.1, -0.05) is 11.6 Å². The second-order valence-electron chi connectivity index (χ2n) is 4.42. The summed E-state index contributed by atoms with van der Waals surface area (Å²) in [5.74, 6) is 0.210. The van der Waals surface area contributed by atoms with Crippen molar-refractivity contribution in [3.8, 4) is 5.88 Å². The van der Waals surface area contributed by atoms with Gasteiger partial charge in [-0.3, -0.25) is 9.36 Å². The molecule has 22 heavy (non-hydrogen) atoms. The SMILES string of the molecule is CCOC(COc1nc2c(cc1Cl)ncc(=O)n2C)OCC. The van der Waals surface area contributed by atoms with E-state index >= 15 is 0 Å². The predicted octanol–water partition coefficient (Wildman–Crippen LogP) is 1.76. The Morgan fingerprint density at radius 1 is 1.32 bits per heavy atom. The summed E-state index contributed by atoms with van der Waals surface area (Å²) >= 11 is 6.14. The van der Waals surface area contributed by atoms with E-state index in [1.165, 1.54) is 10.8 Å². The van der Waals surface area contributed by atoms with E-state index in [0.29, 0.717) is 29.4 Å². The van der Waals surface area contributed by atoms with Gasteiger partial charge in [0.25, 0.3) is 5.56 Å². The highest BCUT2D eigenvalue weighted by Crippen LogP contribution is 2.25. The highest BCUT2D eigenvalue weighted by molar-refractivity contribution is 6.32. The molecule has 2 heterocycles. The van der Waals surface area contributed by atoms with Gasteiger partial charge in [-0.2, -0.15) is 4.98 Å². The Labute approximate surface area is 132 Å². The molecule has 2 aromatic rings. The van der Waals surface area contributed by atoms with Gasteiger partial charge in [0.05, 0.1) is 6.20 Å². The van der Waals surface area contributed by atoms with Gasteiger partial charge in [-0.25, -0.2) is 4.98 Å². The molecule has 0 unspecified atom stereocenters. The highest BCUT2D eigenvalue weighted by Gasteiger charge is 2.14. The molecule has 0 radical (unpaired) electrons. The first-order valence-corrected chi connectivity index (χ1v) is 7.32. The minimum Gasteiger partial charge on any atom is -0.471 e. The van der Waals surface area contributed by atoms with Crippen LogP contribution in [0.25, 0.3) is 11.2 Å². The van der Waals surface area contributed by atoms with E-state index < -0.39 is 6.29 Å². The first-order chi connectivity index (χ1) is 10.6. The molecule has 2 rings (SSSR count). The van der Waals surface area contributed by atoms with Crippen LogP contribution in [0.15, 0.2) is 17.1 Å². The van der Waals surface area contributed by atoms with Crippen molar-refractivity contribution >= 4 is 22.8 Å². The lowest BCUT2D eigenvalue weighted by atomic mass is 10.4. The summed E-state index contributed by atoms with van der Waals surface area (Å²) in [6.07, 6.45) is 0.724. The lowest BCUT2D eigenvalue weighted by molar-refractivity contribution is -0.152. The molecule has 0 amide bonds. The normalized spacial score (nSPS) is 11.3. The molecule has 0 saturated carbocycles. The Kier molecular flexibility index (Phi) is 5.70. The summed E-state index contributed by atoms with van der Waals surface area (Å²) in [4.78, 5) is 19.9. The molecule has 7 nitrogen and oxygen atoms in total. The lowest BCUT2D eigenvalue weighted by Gasteiger charge is -2.17. The van der Waals surface area contributed by atoms with Gasteiger partial charge in [0.1, 0.15) is 17.1 Å². The maximum Gasteiger partial charge on any atom is 0.270 e. The first-order valence-electron chi connectivity index (χ1n) is 6.95. The quantitative estimate of drug-likeness (QED) is 0.721. The zero-order chi connectivity index (χ0) is 16.1. The van der Waals surface area contributed by atoms with Crippen molar-refractivity contribution in [1.82, 2.24) is 14.5 Å². The van der Waals surface area contributed by atoms with Gasteiger partial charge in [-0.05, 0) is 19.9 Å². The van der Waals surface area contributed by atoms with Gasteiger partial charge >= 0.3 is 0 Å². The van der Waals surface area contributed by atoms with E-state index in [2.05, 4.69) is 9.97 Å². The van der Waals surface area contributed by atoms with Crippen molar-refractivity contribution in [3.05, 3.63) is 27.6 Å². The third-order valence-electron chi connectivity index (χ3n) is 2.93. The minimum atomic E-state index is -0.499. The monoisotopic (exact) mass is 327 g/mol. The molecule has 0 atom stereocenters. The Hall–Kier alpha value is -1.70. The summed E-state index contributed by atoms with van der Waals surface area (Å²) in [6.45, 7) is 4.90. The van der Waals surface area contributed by atoms with Crippen molar-refractivity contribution in [1.29, 1.82) is 0 Å². The number of rotatable bonds is 7. The fourth-order valence-corrected chi connectivity index (χ4v) is 2.08. The standard InChI is InChI=1S/C14H18ClN3O4/c1-4-20-12(21-5-2)8-22-14-9(15)6-10-13(17-14)18(3)11(19)7-16-10/h6-7,12H,4-5,8H2,1-3H3. The Bertz CT molecular complexity index is 698. The van der Waals surface area contributed by atoms with E-state index in [1.54, 1.807) is 13.1 Å². The number of pyridine rings is 1. The second-order valence-corrected chi connectivity index (χ2v) is 4.83. The van der Waals surface area contributed by atoms with Crippen molar-refractivity contribution in [2.24, 2.45) is 7.05 Å². The maximum atomic E-state index is 11.6. The maximum absolute atomic E-state index is 11.6. The highest BCUT2D eigenvalue weighted by atomic mass is 35.5. The number of hydrogen-bond donors (Lipinski definition) is 0. The molecule has 0 aliphatic carbocycles. The number of fused-ring (bicyclic) bond motifs is 1. The van der Waals surface area contributed by atoms with Gasteiger partial charge in [0.2, 0.25) is 5.88 Å². The van der Waals surface area contributed by atoms with E-state index in [0.717, 1.165) is 0 Å². The number of hydrogen-bond acceptors (Lipinski definition) is 6. The van der Waals surface area contributed by atoms with Crippen molar-refractivity contribution < 1.29 is 14.2 Å². The van der Waals surface area contributed by atoms with Crippen LogP contribution in [-0.4, -0.2) is 40.6 Å². The number of nitrogens with zero attached hydrogens (tertiary/aromatic N) is 3. The first kappa shape index (κ1) is 16.7. The fraction of sp³-hybridized carbons (Fsp3) is 0.500. The fourth-order valence-electron chi connectivity index (χ4n) is 1.88. The molecule has 0 aliphatic rings. The predicted molar refractivity (Wildman–Crippen MR) is 82.3 cm³/mol. The van der Waals surface area contributed by atoms with Gasteiger partial charge in [0, 0.05) is 20.3 Å². The van der Waals surface area contributed by atoms with Crippen LogP contribution >= 0.6 is 11.6 Å². The van der Waals surface area contributed by atoms with Crippen molar-refractivity contribution in [3.63, 3.8) is 0 Å². The second kappa shape index (κ2) is 7.53. The van der Waals surface area contributed by atoms with Crippen LogP contribution < -0.4 is 10.3 Å². The number of aryl methyl sites for hydroxylation is 1. The summed E-state index contributed by atoms with van der Waals surface area (Å²) in [7, 11) is 1.61. The largest absolute Gasteiger partial charge is 0.471 e. The number of aromatic nitrogens is 3. The summed E-state index contributed by atoms with van der Waals surface area (Å²) in [6, 6.07) is 1.61. The number of ether oxygens (including phenoxy) is 3. The van der Waals surface area contributed by atoms with E-state index in [1.807, 2.05) is 13.8 Å². The smallest absolute Gasteiger partial charge is 0.270 e. The molecular weight excluding hydrogens is 310 g/mol. The molecule has 0 fully saturated rings.